The van der Waals surface area contributed by atoms with Gasteiger partial charge in [0, 0.05) is 10.5 Å². The van der Waals surface area contributed by atoms with Crippen molar-refractivity contribution in [1.82, 2.24) is 9.97 Å². The van der Waals surface area contributed by atoms with E-state index in [4.69, 9.17) is 10.5 Å². The molecule has 0 atom stereocenters. The molecule has 0 unspecified atom stereocenters. The van der Waals surface area contributed by atoms with Gasteiger partial charge in [-0.2, -0.15) is 0 Å². The molecule has 0 saturated carbocycles. The maximum absolute atomic E-state index is 5.74. The summed E-state index contributed by atoms with van der Waals surface area (Å²) in [4.78, 5) is 8.45. The predicted molar refractivity (Wildman–Crippen MR) is 82.2 cm³/mol. The Morgan fingerprint density at radius 3 is 2.79 bits per heavy atom. The van der Waals surface area contributed by atoms with E-state index in [0.29, 0.717) is 16.8 Å². The second-order valence-corrected chi connectivity index (χ2v) is 5.32. The van der Waals surface area contributed by atoms with Crippen LogP contribution >= 0.6 is 27.7 Å². The van der Waals surface area contributed by atoms with Crippen LogP contribution in [0.15, 0.2) is 33.9 Å². The largest absolute Gasteiger partial charge is 0.495 e. The SMILES string of the molecule is COc1ccc(Br)cc1Nc1cc(N)nc(SC)n1. The van der Waals surface area contributed by atoms with Crippen LogP contribution in [-0.2, 0) is 0 Å². The van der Waals surface area contributed by atoms with Gasteiger partial charge in [0.2, 0.25) is 0 Å². The van der Waals surface area contributed by atoms with Crippen molar-refractivity contribution in [3.8, 4) is 5.75 Å². The lowest BCUT2D eigenvalue weighted by molar-refractivity contribution is 0.416. The first-order chi connectivity index (χ1) is 9.12. The number of nitrogens with zero attached hydrogens (tertiary/aromatic N) is 2. The zero-order valence-electron chi connectivity index (χ0n) is 10.5. The number of thioether (sulfide) groups is 1. The highest BCUT2D eigenvalue weighted by molar-refractivity contribution is 9.10. The summed E-state index contributed by atoms with van der Waals surface area (Å²) < 4.78 is 6.24. The van der Waals surface area contributed by atoms with E-state index in [1.165, 1.54) is 11.8 Å². The normalized spacial score (nSPS) is 10.3. The van der Waals surface area contributed by atoms with Crippen LogP contribution in [0.4, 0.5) is 17.3 Å². The minimum atomic E-state index is 0.427. The number of nitrogens with one attached hydrogen (secondary N) is 1. The Morgan fingerprint density at radius 1 is 1.32 bits per heavy atom. The van der Waals surface area contributed by atoms with Crippen molar-refractivity contribution in [1.29, 1.82) is 0 Å². The average Bonchev–Trinajstić information content (AvgIpc) is 2.38. The summed E-state index contributed by atoms with van der Waals surface area (Å²) in [6, 6.07) is 7.37. The zero-order valence-corrected chi connectivity index (χ0v) is 12.9. The molecule has 2 aromatic rings. The lowest BCUT2D eigenvalue weighted by Crippen LogP contribution is -2.01. The van der Waals surface area contributed by atoms with Crippen molar-refractivity contribution in [3.63, 3.8) is 0 Å². The van der Waals surface area contributed by atoms with Gasteiger partial charge < -0.3 is 15.8 Å². The van der Waals surface area contributed by atoms with E-state index >= 15 is 0 Å². The Morgan fingerprint density at radius 2 is 2.11 bits per heavy atom. The van der Waals surface area contributed by atoms with Crippen LogP contribution in [0.25, 0.3) is 0 Å². The van der Waals surface area contributed by atoms with Gasteiger partial charge in [-0.25, -0.2) is 9.97 Å². The van der Waals surface area contributed by atoms with Crippen LogP contribution in [0, 0.1) is 0 Å². The van der Waals surface area contributed by atoms with E-state index in [1.54, 1.807) is 13.2 Å². The van der Waals surface area contributed by atoms with Crippen molar-refractivity contribution in [2.45, 2.75) is 5.16 Å². The molecule has 3 N–H and O–H groups in total. The highest BCUT2D eigenvalue weighted by Crippen LogP contribution is 2.30. The highest BCUT2D eigenvalue weighted by atomic mass is 79.9. The molecule has 1 aromatic heterocycles. The molecule has 1 heterocycles. The molecule has 1 aromatic carbocycles. The van der Waals surface area contributed by atoms with Gasteiger partial charge in [0.25, 0.3) is 0 Å². The molecule has 0 spiro atoms. The first-order valence-corrected chi connectivity index (χ1v) is 7.43. The Bertz CT molecular complexity index is 594. The van der Waals surface area contributed by atoms with Gasteiger partial charge in [0.1, 0.15) is 17.4 Å². The third-order valence-electron chi connectivity index (χ3n) is 2.33. The fourth-order valence-corrected chi connectivity index (χ4v) is 2.26. The number of aromatic nitrogens is 2. The zero-order chi connectivity index (χ0) is 13.8. The Kier molecular flexibility index (Phi) is 4.49. The fraction of sp³-hybridized carbons (Fsp3) is 0.167. The summed E-state index contributed by atoms with van der Waals surface area (Å²) in [5.74, 6) is 1.79. The number of methoxy groups -OCH3 is 1. The van der Waals surface area contributed by atoms with E-state index in [0.717, 1.165) is 15.9 Å². The summed E-state index contributed by atoms with van der Waals surface area (Å²) in [6.07, 6.45) is 1.90. The molecule has 2 rings (SSSR count). The lowest BCUT2D eigenvalue weighted by Gasteiger charge is -2.11. The molecular weight excluding hydrogens is 328 g/mol. The van der Waals surface area contributed by atoms with E-state index in [1.807, 2.05) is 24.5 Å². The molecule has 0 aliphatic rings. The van der Waals surface area contributed by atoms with Crippen LogP contribution in [0.1, 0.15) is 0 Å². The molecule has 0 amide bonds. The van der Waals surface area contributed by atoms with Crippen LogP contribution in [-0.4, -0.2) is 23.3 Å². The summed E-state index contributed by atoms with van der Waals surface area (Å²) >= 11 is 4.86. The van der Waals surface area contributed by atoms with E-state index in [2.05, 4.69) is 31.2 Å². The smallest absolute Gasteiger partial charge is 0.191 e. The maximum Gasteiger partial charge on any atom is 0.191 e. The number of hydrogen-bond acceptors (Lipinski definition) is 6. The Balaban J connectivity index is 2.35. The van der Waals surface area contributed by atoms with Crippen LogP contribution < -0.4 is 15.8 Å². The summed E-state index contributed by atoms with van der Waals surface area (Å²) in [7, 11) is 1.62. The van der Waals surface area contributed by atoms with Crippen molar-refractivity contribution in [2.24, 2.45) is 0 Å². The van der Waals surface area contributed by atoms with Crippen molar-refractivity contribution in [2.75, 3.05) is 24.4 Å². The second kappa shape index (κ2) is 6.12. The van der Waals surface area contributed by atoms with Gasteiger partial charge in [-0.3, -0.25) is 0 Å². The molecule has 0 aliphatic carbocycles. The lowest BCUT2D eigenvalue weighted by atomic mass is 10.3. The number of nitrogen functional groups attached to an aromatic ring is 1. The molecule has 0 fully saturated rings. The quantitative estimate of drug-likeness (QED) is 0.657. The minimum absolute atomic E-state index is 0.427. The van der Waals surface area contributed by atoms with Gasteiger partial charge in [-0.1, -0.05) is 27.7 Å². The van der Waals surface area contributed by atoms with Gasteiger partial charge in [0.05, 0.1) is 12.8 Å². The Labute approximate surface area is 124 Å². The van der Waals surface area contributed by atoms with Gasteiger partial charge >= 0.3 is 0 Å². The molecule has 19 heavy (non-hydrogen) atoms. The maximum atomic E-state index is 5.74. The number of hydrogen-bond donors (Lipinski definition) is 2. The monoisotopic (exact) mass is 340 g/mol. The van der Waals surface area contributed by atoms with Gasteiger partial charge in [-0.15, -0.1) is 0 Å². The third-order valence-corrected chi connectivity index (χ3v) is 3.37. The van der Waals surface area contributed by atoms with Crippen LogP contribution in [0.5, 0.6) is 5.75 Å². The topological polar surface area (TPSA) is 73.1 Å². The number of rotatable bonds is 4. The van der Waals surface area contributed by atoms with E-state index in [9.17, 15) is 0 Å². The first kappa shape index (κ1) is 14.0. The second-order valence-electron chi connectivity index (χ2n) is 3.63. The number of anilines is 3. The molecule has 100 valence electrons. The van der Waals surface area contributed by atoms with Crippen molar-refractivity contribution < 1.29 is 4.74 Å². The van der Waals surface area contributed by atoms with Crippen LogP contribution in [0.2, 0.25) is 0 Å². The third kappa shape index (κ3) is 3.51. The van der Waals surface area contributed by atoms with Crippen molar-refractivity contribution >= 4 is 45.0 Å². The molecular formula is C12H13BrN4OS. The summed E-state index contributed by atoms with van der Waals surface area (Å²) in [5, 5.41) is 3.80. The summed E-state index contributed by atoms with van der Waals surface area (Å²) in [6.45, 7) is 0. The van der Waals surface area contributed by atoms with Gasteiger partial charge in [-0.05, 0) is 24.5 Å². The van der Waals surface area contributed by atoms with E-state index in [-0.39, 0.29) is 0 Å². The fourth-order valence-electron chi connectivity index (χ4n) is 1.51. The van der Waals surface area contributed by atoms with Gasteiger partial charge in [0.15, 0.2) is 5.16 Å². The number of ether oxygens (including phenoxy) is 1. The first-order valence-electron chi connectivity index (χ1n) is 5.41. The van der Waals surface area contributed by atoms with Crippen LogP contribution in [0.3, 0.4) is 0 Å². The minimum Gasteiger partial charge on any atom is -0.495 e. The highest BCUT2D eigenvalue weighted by Gasteiger charge is 2.07. The number of nitrogens with two attached hydrogens (primary N) is 1. The standard InChI is InChI=1S/C12H13BrN4OS/c1-18-9-4-3-7(13)5-8(9)15-11-6-10(14)16-12(17-11)19-2/h3-6H,1-2H3,(H3,14,15,16,17). The van der Waals surface area contributed by atoms with Crippen molar-refractivity contribution in [3.05, 3.63) is 28.7 Å². The average molecular weight is 341 g/mol. The summed E-state index contributed by atoms with van der Waals surface area (Å²) in [5.41, 5.74) is 6.55. The Hall–Kier alpha value is -1.47. The molecule has 0 saturated heterocycles. The molecule has 0 aliphatic heterocycles. The molecule has 0 bridgehead atoms. The van der Waals surface area contributed by atoms with E-state index < -0.39 is 0 Å². The molecule has 5 nitrogen and oxygen atoms in total. The number of halogens is 1. The predicted octanol–water partition coefficient (Wildman–Crippen LogP) is 3.30. The molecule has 7 heteroatoms. The number of benzene rings is 1. The molecule has 0 radical (unpaired) electrons.